The third kappa shape index (κ3) is 3.81. The van der Waals surface area contributed by atoms with E-state index in [1.54, 1.807) is 12.3 Å². The smallest absolute Gasteiger partial charge is 0.166 e. The number of rotatable bonds is 5. The van der Waals surface area contributed by atoms with Gasteiger partial charge >= 0.3 is 0 Å². The van der Waals surface area contributed by atoms with Gasteiger partial charge in [0.2, 0.25) is 0 Å². The lowest BCUT2D eigenvalue weighted by Gasteiger charge is -2.29. The van der Waals surface area contributed by atoms with Crippen LogP contribution in [0.3, 0.4) is 0 Å². The minimum absolute atomic E-state index is 0.0454. The van der Waals surface area contributed by atoms with Gasteiger partial charge in [0.15, 0.2) is 5.78 Å². The summed E-state index contributed by atoms with van der Waals surface area (Å²) in [4.78, 5) is 16.3. The van der Waals surface area contributed by atoms with Crippen LogP contribution >= 0.6 is 0 Å². The highest BCUT2D eigenvalue weighted by molar-refractivity contribution is 5.86. The summed E-state index contributed by atoms with van der Waals surface area (Å²) in [5.41, 5.74) is 6.29. The van der Waals surface area contributed by atoms with Crippen molar-refractivity contribution in [2.24, 2.45) is 5.41 Å². The van der Waals surface area contributed by atoms with E-state index in [2.05, 4.69) is 4.98 Å². The lowest BCUT2D eigenvalue weighted by atomic mass is 9.84. The van der Waals surface area contributed by atoms with Crippen LogP contribution in [0.2, 0.25) is 0 Å². The van der Waals surface area contributed by atoms with Gasteiger partial charge in [0.25, 0.3) is 0 Å². The number of pyridine rings is 1. The lowest BCUT2D eigenvalue weighted by Crippen LogP contribution is -2.38. The number of ether oxygens (including phenoxy) is 1. The molecule has 0 fully saturated rings. The maximum Gasteiger partial charge on any atom is 0.166 e. The average Bonchev–Trinajstić information content (AvgIpc) is 2.27. The predicted molar refractivity (Wildman–Crippen MR) is 72.2 cm³/mol. The molecule has 1 aromatic heterocycles. The number of hydrogen-bond donors (Lipinski definition) is 1. The van der Waals surface area contributed by atoms with Gasteiger partial charge in [-0.3, -0.25) is 4.79 Å². The van der Waals surface area contributed by atoms with Crippen LogP contribution in [0, 0.1) is 5.41 Å². The van der Waals surface area contributed by atoms with Gasteiger partial charge in [0.05, 0.1) is 0 Å². The van der Waals surface area contributed by atoms with E-state index in [0.717, 1.165) is 5.56 Å². The summed E-state index contributed by atoms with van der Waals surface area (Å²) in [5.74, 6) is 0.457. The van der Waals surface area contributed by atoms with Crippen molar-refractivity contribution in [1.82, 2.24) is 4.98 Å². The fourth-order valence-electron chi connectivity index (χ4n) is 1.87. The van der Waals surface area contributed by atoms with Crippen molar-refractivity contribution in [3.05, 3.63) is 23.9 Å². The van der Waals surface area contributed by atoms with Gasteiger partial charge in [0.1, 0.15) is 11.9 Å². The Balaban J connectivity index is 2.83. The summed E-state index contributed by atoms with van der Waals surface area (Å²) in [6, 6.07) is 3.61. The highest BCUT2D eigenvalue weighted by atomic mass is 16.5. The number of anilines is 1. The molecule has 0 aromatic carbocycles. The Kier molecular flexibility index (Phi) is 4.84. The summed E-state index contributed by atoms with van der Waals surface area (Å²) in [6.07, 6.45) is 1.47. The summed E-state index contributed by atoms with van der Waals surface area (Å²) in [7, 11) is 0. The highest BCUT2D eigenvalue weighted by Gasteiger charge is 2.31. The van der Waals surface area contributed by atoms with Gasteiger partial charge < -0.3 is 10.5 Å². The third-order valence-electron chi connectivity index (χ3n) is 2.70. The monoisotopic (exact) mass is 250 g/mol. The molecule has 0 spiro atoms. The molecule has 0 saturated heterocycles. The van der Waals surface area contributed by atoms with Crippen molar-refractivity contribution in [3.8, 4) is 0 Å². The Morgan fingerprint density at radius 2 is 2.17 bits per heavy atom. The maximum absolute atomic E-state index is 12.3. The number of hydrogen-bond acceptors (Lipinski definition) is 4. The Morgan fingerprint density at radius 1 is 1.50 bits per heavy atom. The molecule has 100 valence electrons. The molecule has 1 atom stereocenters. The Hall–Kier alpha value is -1.42. The lowest BCUT2D eigenvalue weighted by molar-refractivity contribution is -0.136. The Morgan fingerprint density at radius 3 is 2.67 bits per heavy atom. The van der Waals surface area contributed by atoms with Crippen molar-refractivity contribution >= 4 is 11.6 Å². The predicted octanol–water partition coefficient (Wildman–Crippen LogP) is 2.23. The minimum atomic E-state index is -0.415. The molecule has 0 bridgehead atoms. The molecule has 4 nitrogen and oxygen atoms in total. The number of carbonyl (C=O) groups excluding carboxylic acids is 1. The van der Waals surface area contributed by atoms with Gasteiger partial charge in [0, 0.05) is 24.8 Å². The first-order valence-electron chi connectivity index (χ1n) is 6.20. The molecule has 1 unspecified atom stereocenters. The van der Waals surface area contributed by atoms with E-state index in [4.69, 9.17) is 10.5 Å². The van der Waals surface area contributed by atoms with Crippen molar-refractivity contribution < 1.29 is 9.53 Å². The van der Waals surface area contributed by atoms with E-state index in [1.165, 1.54) is 0 Å². The largest absolute Gasteiger partial charge is 0.383 e. The number of carbonyl (C=O) groups is 1. The first-order chi connectivity index (χ1) is 8.36. The Bertz CT molecular complexity index is 411. The van der Waals surface area contributed by atoms with Crippen molar-refractivity contribution in [2.75, 3.05) is 12.3 Å². The molecule has 1 aromatic rings. The van der Waals surface area contributed by atoms with Crippen LogP contribution in [0.4, 0.5) is 5.82 Å². The first-order valence-corrected chi connectivity index (χ1v) is 6.20. The number of nitrogen functional groups attached to an aromatic ring is 1. The van der Waals surface area contributed by atoms with Crippen LogP contribution < -0.4 is 5.73 Å². The number of Topliss-reactive ketones (excluding diaryl/α,β-unsaturated/α-hetero) is 1. The molecule has 0 saturated carbocycles. The summed E-state index contributed by atoms with van der Waals surface area (Å²) in [5, 5.41) is 0. The molecule has 18 heavy (non-hydrogen) atoms. The standard InChI is InChI=1S/C14H22N2O2/c1-5-18-12(14(2,3)4)11(17)9-10-7-6-8-16-13(10)15/h6-8,12H,5,9H2,1-4H3,(H2,15,16). The zero-order chi connectivity index (χ0) is 13.8. The van der Waals surface area contributed by atoms with Crippen molar-refractivity contribution in [3.63, 3.8) is 0 Å². The first kappa shape index (κ1) is 14.6. The normalized spacial score (nSPS) is 13.3. The van der Waals surface area contributed by atoms with E-state index in [1.807, 2.05) is 33.8 Å². The maximum atomic E-state index is 12.3. The van der Waals surface area contributed by atoms with E-state index in [9.17, 15) is 4.79 Å². The number of nitrogens with two attached hydrogens (primary N) is 1. The SMILES string of the molecule is CCOC(C(=O)Cc1cccnc1N)C(C)(C)C. The molecule has 0 amide bonds. The number of ketones is 1. The van der Waals surface area contributed by atoms with Gasteiger partial charge in [-0.25, -0.2) is 4.98 Å². The second kappa shape index (κ2) is 5.96. The van der Waals surface area contributed by atoms with E-state index < -0.39 is 6.10 Å². The molecule has 0 aliphatic heterocycles. The molecule has 1 heterocycles. The summed E-state index contributed by atoms with van der Waals surface area (Å²) >= 11 is 0. The fraction of sp³-hybridized carbons (Fsp3) is 0.571. The molecule has 0 aliphatic carbocycles. The van der Waals surface area contributed by atoms with Crippen LogP contribution in [0.25, 0.3) is 0 Å². The zero-order valence-electron chi connectivity index (χ0n) is 11.6. The molecular weight excluding hydrogens is 228 g/mol. The van der Waals surface area contributed by atoms with Gasteiger partial charge in [-0.15, -0.1) is 0 Å². The molecule has 2 N–H and O–H groups in total. The van der Waals surface area contributed by atoms with Gasteiger partial charge in [-0.05, 0) is 18.4 Å². The third-order valence-corrected chi connectivity index (χ3v) is 2.70. The Labute approximate surface area is 109 Å². The van der Waals surface area contributed by atoms with Gasteiger partial charge in [-0.2, -0.15) is 0 Å². The topological polar surface area (TPSA) is 65.2 Å². The number of nitrogens with zero attached hydrogens (tertiary/aromatic N) is 1. The fourth-order valence-corrected chi connectivity index (χ4v) is 1.87. The quantitative estimate of drug-likeness (QED) is 0.870. The molecule has 4 heteroatoms. The molecule has 1 rings (SSSR count). The van der Waals surface area contributed by atoms with Crippen LogP contribution in [0.5, 0.6) is 0 Å². The second-order valence-corrected chi connectivity index (χ2v) is 5.39. The summed E-state index contributed by atoms with van der Waals surface area (Å²) in [6.45, 7) is 8.41. The van der Waals surface area contributed by atoms with E-state index in [0.29, 0.717) is 12.4 Å². The van der Waals surface area contributed by atoms with Gasteiger partial charge in [-0.1, -0.05) is 26.8 Å². The van der Waals surface area contributed by atoms with Crippen molar-refractivity contribution in [2.45, 2.75) is 40.2 Å². The second-order valence-electron chi connectivity index (χ2n) is 5.39. The number of aromatic nitrogens is 1. The molecular formula is C14H22N2O2. The van der Waals surface area contributed by atoms with E-state index >= 15 is 0 Å². The van der Waals surface area contributed by atoms with Crippen molar-refractivity contribution in [1.29, 1.82) is 0 Å². The zero-order valence-corrected chi connectivity index (χ0v) is 11.6. The van der Waals surface area contributed by atoms with Crippen LogP contribution in [0.15, 0.2) is 18.3 Å². The van der Waals surface area contributed by atoms with Crippen LogP contribution in [0.1, 0.15) is 33.3 Å². The average molecular weight is 250 g/mol. The van der Waals surface area contributed by atoms with Crippen LogP contribution in [-0.4, -0.2) is 23.5 Å². The molecule has 0 radical (unpaired) electrons. The summed E-state index contributed by atoms with van der Waals surface area (Å²) < 4.78 is 5.57. The molecule has 0 aliphatic rings. The van der Waals surface area contributed by atoms with Crippen LogP contribution in [-0.2, 0) is 16.0 Å². The highest BCUT2D eigenvalue weighted by Crippen LogP contribution is 2.24. The van der Waals surface area contributed by atoms with E-state index in [-0.39, 0.29) is 17.6 Å². The minimum Gasteiger partial charge on any atom is -0.383 e.